The molecule has 3 aliphatic heterocycles. The van der Waals surface area contributed by atoms with Crippen LogP contribution in [-0.4, -0.2) is 80.0 Å². The van der Waals surface area contributed by atoms with Gasteiger partial charge in [-0.2, -0.15) is 0 Å². The molecule has 5 nitrogen and oxygen atoms in total. The summed E-state index contributed by atoms with van der Waals surface area (Å²) in [6.45, 7) is 10.00. The van der Waals surface area contributed by atoms with E-state index in [0.717, 1.165) is 52.4 Å². The van der Waals surface area contributed by atoms with Gasteiger partial charge in [-0.3, -0.25) is 9.80 Å². The number of likely N-dealkylation sites (tertiary alicyclic amines) is 1. The van der Waals surface area contributed by atoms with E-state index in [1.54, 1.807) is 0 Å². The lowest BCUT2D eigenvalue weighted by Crippen LogP contribution is -2.58. The second-order valence-corrected chi connectivity index (χ2v) is 6.11. The number of rotatable bonds is 3. The van der Waals surface area contributed by atoms with Gasteiger partial charge in [0.15, 0.2) is 0 Å². The first kappa shape index (κ1) is 13.8. The molecule has 3 aliphatic rings. The molecule has 3 unspecified atom stereocenters. The minimum absolute atomic E-state index is 0.0844. The molecule has 0 saturated carbocycles. The first-order valence-electron chi connectivity index (χ1n) is 7.65. The molecule has 3 fully saturated rings. The lowest BCUT2D eigenvalue weighted by molar-refractivity contribution is 0.00429. The number of hydrogen-bond acceptors (Lipinski definition) is 5. The fourth-order valence-corrected chi connectivity index (χ4v) is 3.97. The highest BCUT2D eigenvalue weighted by Crippen LogP contribution is 2.34. The van der Waals surface area contributed by atoms with Gasteiger partial charge >= 0.3 is 0 Å². The number of hydrogen-bond donors (Lipinski definition) is 1. The lowest BCUT2D eigenvalue weighted by Gasteiger charge is -2.41. The molecule has 3 saturated heterocycles. The first-order valence-corrected chi connectivity index (χ1v) is 7.65. The molecule has 3 atom stereocenters. The van der Waals surface area contributed by atoms with Crippen LogP contribution in [0.3, 0.4) is 0 Å². The maximum atomic E-state index is 6.11. The molecule has 0 aliphatic carbocycles. The van der Waals surface area contributed by atoms with Gasteiger partial charge in [0.1, 0.15) is 0 Å². The topological polar surface area (TPSA) is 51.0 Å². The molecular formula is C14H27N3O2. The Bertz CT molecular complexity index is 309. The first-order chi connectivity index (χ1) is 9.26. The van der Waals surface area contributed by atoms with Gasteiger partial charge in [0, 0.05) is 45.4 Å². The van der Waals surface area contributed by atoms with Crippen molar-refractivity contribution in [1.82, 2.24) is 9.80 Å². The van der Waals surface area contributed by atoms with Crippen molar-refractivity contribution in [3.8, 4) is 0 Å². The zero-order valence-electron chi connectivity index (χ0n) is 12.0. The summed E-state index contributed by atoms with van der Waals surface area (Å²) in [6, 6.07) is 0.681. The Kier molecular flexibility index (Phi) is 4.10. The zero-order valence-corrected chi connectivity index (χ0v) is 12.0. The molecule has 0 aromatic carbocycles. The van der Waals surface area contributed by atoms with Gasteiger partial charge < -0.3 is 15.2 Å². The average Bonchev–Trinajstić information content (AvgIpc) is 3.07. The lowest BCUT2D eigenvalue weighted by atomic mass is 9.90. The Labute approximate surface area is 116 Å². The van der Waals surface area contributed by atoms with Gasteiger partial charge in [0.2, 0.25) is 0 Å². The summed E-state index contributed by atoms with van der Waals surface area (Å²) >= 11 is 0. The average molecular weight is 269 g/mol. The molecule has 5 heteroatoms. The van der Waals surface area contributed by atoms with E-state index in [4.69, 9.17) is 15.2 Å². The third-order valence-corrected chi connectivity index (χ3v) is 5.37. The summed E-state index contributed by atoms with van der Waals surface area (Å²) in [5.41, 5.74) is 6.19. The van der Waals surface area contributed by atoms with E-state index in [1.165, 1.54) is 6.42 Å². The maximum absolute atomic E-state index is 6.11. The van der Waals surface area contributed by atoms with Crippen LogP contribution in [0.4, 0.5) is 0 Å². The highest BCUT2D eigenvalue weighted by molar-refractivity contribution is 5.04. The number of nitrogens with two attached hydrogens (primary N) is 1. The third kappa shape index (κ3) is 2.43. The Morgan fingerprint density at radius 2 is 2.00 bits per heavy atom. The Hall–Kier alpha value is -0.200. The SMILES string of the molecule is CC1OCCC1(CN)N1CCC(N2CCOCC2)C1. The van der Waals surface area contributed by atoms with Crippen LogP contribution in [0.1, 0.15) is 19.8 Å². The third-order valence-electron chi connectivity index (χ3n) is 5.37. The second-order valence-electron chi connectivity index (χ2n) is 6.11. The number of ether oxygens (including phenoxy) is 2. The van der Waals surface area contributed by atoms with Crippen LogP contribution in [0.25, 0.3) is 0 Å². The molecule has 3 heterocycles. The monoisotopic (exact) mass is 269 g/mol. The van der Waals surface area contributed by atoms with Crippen LogP contribution in [0.5, 0.6) is 0 Å². The fraction of sp³-hybridized carbons (Fsp3) is 1.00. The molecule has 110 valence electrons. The van der Waals surface area contributed by atoms with Gasteiger partial charge in [-0.15, -0.1) is 0 Å². The van der Waals surface area contributed by atoms with Crippen molar-refractivity contribution in [2.75, 3.05) is 52.5 Å². The zero-order chi connectivity index (χ0) is 13.3. The predicted molar refractivity (Wildman–Crippen MR) is 74.2 cm³/mol. The Balaban J connectivity index is 1.64. The van der Waals surface area contributed by atoms with E-state index in [-0.39, 0.29) is 11.6 Å². The molecule has 0 bridgehead atoms. The number of nitrogens with zero attached hydrogens (tertiary/aromatic N) is 2. The van der Waals surface area contributed by atoms with Gasteiger partial charge in [0.25, 0.3) is 0 Å². The van der Waals surface area contributed by atoms with Crippen molar-refractivity contribution in [3.05, 3.63) is 0 Å². The van der Waals surface area contributed by atoms with Crippen LogP contribution in [0.2, 0.25) is 0 Å². The van der Waals surface area contributed by atoms with E-state index in [1.807, 2.05) is 0 Å². The van der Waals surface area contributed by atoms with E-state index < -0.39 is 0 Å². The van der Waals surface area contributed by atoms with Crippen molar-refractivity contribution in [3.63, 3.8) is 0 Å². The number of morpholine rings is 1. The van der Waals surface area contributed by atoms with Crippen molar-refractivity contribution < 1.29 is 9.47 Å². The van der Waals surface area contributed by atoms with Crippen LogP contribution in [0.15, 0.2) is 0 Å². The summed E-state index contributed by atoms with van der Waals surface area (Å²) in [7, 11) is 0. The van der Waals surface area contributed by atoms with Crippen molar-refractivity contribution in [1.29, 1.82) is 0 Å². The molecule has 0 aromatic rings. The van der Waals surface area contributed by atoms with Gasteiger partial charge in [-0.25, -0.2) is 0 Å². The molecular weight excluding hydrogens is 242 g/mol. The molecule has 2 N–H and O–H groups in total. The van der Waals surface area contributed by atoms with Crippen LogP contribution in [-0.2, 0) is 9.47 Å². The Morgan fingerprint density at radius 3 is 2.63 bits per heavy atom. The van der Waals surface area contributed by atoms with Gasteiger partial charge in [-0.05, 0) is 19.8 Å². The smallest absolute Gasteiger partial charge is 0.0743 e. The van der Waals surface area contributed by atoms with Gasteiger partial charge in [-0.1, -0.05) is 0 Å². The predicted octanol–water partition coefficient (Wildman–Crippen LogP) is -0.101. The molecule has 0 amide bonds. The van der Waals surface area contributed by atoms with E-state index in [2.05, 4.69) is 16.7 Å². The minimum Gasteiger partial charge on any atom is -0.379 e. The summed E-state index contributed by atoms with van der Waals surface area (Å²) in [5, 5.41) is 0. The van der Waals surface area contributed by atoms with Crippen LogP contribution in [0, 0.1) is 0 Å². The van der Waals surface area contributed by atoms with E-state index >= 15 is 0 Å². The summed E-state index contributed by atoms with van der Waals surface area (Å²) in [6.07, 6.45) is 2.61. The maximum Gasteiger partial charge on any atom is 0.0743 e. The van der Waals surface area contributed by atoms with E-state index in [9.17, 15) is 0 Å². The summed E-state index contributed by atoms with van der Waals surface area (Å²) in [4.78, 5) is 5.19. The quantitative estimate of drug-likeness (QED) is 0.775. The van der Waals surface area contributed by atoms with Crippen LogP contribution < -0.4 is 5.73 Å². The highest BCUT2D eigenvalue weighted by Gasteiger charge is 2.48. The summed E-state index contributed by atoms with van der Waals surface area (Å²) in [5.74, 6) is 0. The van der Waals surface area contributed by atoms with E-state index in [0.29, 0.717) is 12.6 Å². The Morgan fingerprint density at radius 1 is 1.21 bits per heavy atom. The van der Waals surface area contributed by atoms with Crippen molar-refractivity contribution in [2.45, 2.75) is 37.5 Å². The standard InChI is InChI=1S/C14H27N3O2/c1-12-14(11-15,3-7-19-12)17-4-2-13(10-17)16-5-8-18-9-6-16/h12-13H,2-11,15H2,1H3. The largest absolute Gasteiger partial charge is 0.379 e. The van der Waals surface area contributed by atoms with Crippen molar-refractivity contribution in [2.24, 2.45) is 5.73 Å². The van der Waals surface area contributed by atoms with Crippen LogP contribution >= 0.6 is 0 Å². The molecule has 3 rings (SSSR count). The minimum atomic E-state index is 0.0844. The molecule has 0 radical (unpaired) electrons. The molecule has 19 heavy (non-hydrogen) atoms. The van der Waals surface area contributed by atoms with Gasteiger partial charge in [0.05, 0.1) is 24.9 Å². The highest BCUT2D eigenvalue weighted by atomic mass is 16.5. The summed E-state index contributed by atoms with van der Waals surface area (Å²) < 4.78 is 11.2. The second kappa shape index (κ2) is 5.66. The molecule has 0 spiro atoms. The van der Waals surface area contributed by atoms with Crippen molar-refractivity contribution >= 4 is 0 Å². The molecule has 0 aromatic heterocycles. The fourth-order valence-electron chi connectivity index (χ4n) is 3.97. The normalized spacial score (nSPS) is 42.0.